The van der Waals surface area contributed by atoms with Crippen LogP contribution in [0.3, 0.4) is 0 Å². The van der Waals surface area contributed by atoms with Crippen molar-refractivity contribution in [2.24, 2.45) is 0 Å². The monoisotopic (exact) mass is 359 g/mol. The topological polar surface area (TPSA) is 84.2 Å². The van der Waals surface area contributed by atoms with E-state index in [-0.39, 0.29) is 24.2 Å². The van der Waals surface area contributed by atoms with Gasteiger partial charge in [0.1, 0.15) is 0 Å². The van der Waals surface area contributed by atoms with Gasteiger partial charge in [-0.25, -0.2) is 0 Å². The predicted molar refractivity (Wildman–Crippen MR) is 103 cm³/mol. The molecule has 0 saturated carbocycles. The quantitative estimate of drug-likeness (QED) is 0.730. The third-order valence-corrected chi connectivity index (χ3v) is 4.19. The number of anilines is 3. The molecule has 1 heterocycles. The van der Waals surface area contributed by atoms with Gasteiger partial charge in [-0.05, 0) is 54.7 Å². The highest BCUT2D eigenvalue weighted by Crippen LogP contribution is 2.25. The molecule has 6 heteroatoms. The van der Waals surface area contributed by atoms with E-state index in [0.29, 0.717) is 24.9 Å². The van der Waals surface area contributed by atoms with Crippen LogP contribution in [0.5, 0.6) is 0 Å². The minimum Gasteiger partial charge on any atom is -0.399 e. The maximum absolute atomic E-state index is 12.2. The van der Waals surface area contributed by atoms with E-state index in [9.17, 15) is 9.59 Å². The molecule has 2 aromatic rings. The van der Waals surface area contributed by atoms with Crippen LogP contribution < -0.4 is 16.4 Å². The molecule has 25 heavy (non-hydrogen) atoms. The fourth-order valence-electron chi connectivity index (χ4n) is 2.89. The first-order valence-electron chi connectivity index (χ1n) is 8.18. The van der Waals surface area contributed by atoms with Crippen molar-refractivity contribution in [2.45, 2.75) is 32.1 Å². The number of benzene rings is 2. The molecule has 2 amide bonds. The second kappa shape index (κ2) is 8.53. The zero-order valence-electron chi connectivity index (χ0n) is 13.9. The van der Waals surface area contributed by atoms with Crippen molar-refractivity contribution >= 4 is 41.3 Å². The molecule has 0 aromatic heterocycles. The Morgan fingerprint density at radius 2 is 1.96 bits per heavy atom. The van der Waals surface area contributed by atoms with Gasteiger partial charge in [0.15, 0.2) is 0 Å². The molecule has 0 saturated heterocycles. The van der Waals surface area contributed by atoms with E-state index in [0.717, 1.165) is 35.3 Å². The highest BCUT2D eigenvalue weighted by atomic mass is 35.5. The van der Waals surface area contributed by atoms with Gasteiger partial charge in [-0.1, -0.05) is 18.2 Å². The molecule has 132 valence electrons. The smallest absolute Gasteiger partial charge is 0.224 e. The Hall–Kier alpha value is -2.53. The first-order chi connectivity index (χ1) is 11.6. The maximum atomic E-state index is 12.2. The summed E-state index contributed by atoms with van der Waals surface area (Å²) in [5, 5.41) is 5.81. The van der Waals surface area contributed by atoms with Crippen LogP contribution in [0.15, 0.2) is 42.5 Å². The van der Waals surface area contributed by atoms with E-state index >= 15 is 0 Å². The van der Waals surface area contributed by atoms with Crippen LogP contribution in [-0.2, 0) is 22.4 Å². The molecular weight excluding hydrogens is 338 g/mol. The zero-order chi connectivity index (χ0) is 16.9. The number of aryl methyl sites for hydroxylation is 2. The Morgan fingerprint density at radius 1 is 1.16 bits per heavy atom. The van der Waals surface area contributed by atoms with Gasteiger partial charge in [-0.2, -0.15) is 0 Å². The highest BCUT2D eigenvalue weighted by molar-refractivity contribution is 5.94. The lowest BCUT2D eigenvalue weighted by molar-refractivity contribution is -0.117. The molecule has 0 atom stereocenters. The Balaban J connectivity index is 0.00000225. The largest absolute Gasteiger partial charge is 0.399 e. The number of carbonyl (C=O) groups excluding carboxylic acids is 2. The Bertz CT molecular complexity index is 777. The van der Waals surface area contributed by atoms with Crippen molar-refractivity contribution in [3.05, 3.63) is 53.6 Å². The summed E-state index contributed by atoms with van der Waals surface area (Å²) in [6.45, 7) is 0. The molecule has 0 bridgehead atoms. The van der Waals surface area contributed by atoms with Crippen molar-refractivity contribution < 1.29 is 9.59 Å². The van der Waals surface area contributed by atoms with E-state index in [4.69, 9.17) is 5.73 Å². The molecule has 0 fully saturated rings. The van der Waals surface area contributed by atoms with Gasteiger partial charge in [0, 0.05) is 29.9 Å². The summed E-state index contributed by atoms with van der Waals surface area (Å²) >= 11 is 0. The van der Waals surface area contributed by atoms with Crippen LogP contribution in [-0.4, -0.2) is 11.8 Å². The third kappa shape index (κ3) is 4.97. The number of amides is 2. The van der Waals surface area contributed by atoms with Gasteiger partial charge in [0.2, 0.25) is 11.8 Å². The Labute approximate surface area is 153 Å². The summed E-state index contributed by atoms with van der Waals surface area (Å²) in [5.41, 5.74) is 10.3. The predicted octanol–water partition coefficient (Wildman–Crippen LogP) is 3.54. The number of carbonyl (C=O) groups is 2. The number of nitrogens with two attached hydrogens (primary N) is 1. The average molecular weight is 360 g/mol. The average Bonchev–Trinajstić information content (AvgIpc) is 2.74. The van der Waals surface area contributed by atoms with Crippen LogP contribution in [0.1, 0.15) is 30.4 Å². The molecule has 2 aromatic carbocycles. The number of nitrogen functional groups attached to an aromatic ring is 1. The second-order valence-corrected chi connectivity index (χ2v) is 6.02. The number of hydrogen-bond donors (Lipinski definition) is 3. The summed E-state index contributed by atoms with van der Waals surface area (Å²) in [6.07, 6.45) is 3.18. The van der Waals surface area contributed by atoms with Gasteiger partial charge < -0.3 is 16.4 Å². The van der Waals surface area contributed by atoms with Crippen molar-refractivity contribution in [1.29, 1.82) is 0 Å². The van der Waals surface area contributed by atoms with Crippen molar-refractivity contribution in [1.82, 2.24) is 0 Å². The van der Waals surface area contributed by atoms with Crippen LogP contribution in [0, 0.1) is 0 Å². The van der Waals surface area contributed by atoms with Gasteiger partial charge in [-0.15, -0.1) is 12.4 Å². The van der Waals surface area contributed by atoms with E-state index in [2.05, 4.69) is 10.6 Å². The molecule has 0 spiro atoms. The van der Waals surface area contributed by atoms with Crippen LogP contribution in [0.4, 0.5) is 17.1 Å². The van der Waals surface area contributed by atoms with Gasteiger partial charge in [-0.3, -0.25) is 9.59 Å². The minimum absolute atomic E-state index is 0. The fourth-order valence-corrected chi connectivity index (χ4v) is 2.89. The highest BCUT2D eigenvalue weighted by Gasteiger charge is 2.13. The minimum atomic E-state index is -0.0455. The lowest BCUT2D eigenvalue weighted by Gasteiger charge is -2.11. The van der Waals surface area contributed by atoms with E-state index < -0.39 is 0 Å². The summed E-state index contributed by atoms with van der Waals surface area (Å²) < 4.78 is 0. The molecule has 0 unspecified atom stereocenters. The number of nitrogens with one attached hydrogen (secondary N) is 2. The molecule has 0 radical (unpaired) electrons. The fraction of sp³-hybridized carbons (Fsp3) is 0.263. The van der Waals surface area contributed by atoms with Crippen molar-refractivity contribution in [3.8, 4) is 0 Å². The number of rotatable bonds is 4. The van der Waals surface area contributed by atoms with Crippen LogP contribution >= 0.6 is 12.4 Å². The molecule has 5 nitrogen and oxygen atoms in total. The van der Waals surface area contributed by atoms with Crippen LogP contribution in [0.25, 0.3) is 0 Å². The molecule has 3 rings (SSSR count). The molecular formula is C19H22ClN3O2. The summed E-state index contributed by atoms with van der Waals surface area (Å²) in [7, 11) is 0. The standard InChI is InChI=1S/C19H21N3O2.ClH/c20-16-6-2-1-4-13(16)8-11-19(24)21-15-9-10-17-14(12-15)5-3-7-18(23)22-17;/h1-2,4,6,9-10,12H,3,5,7-8,11,20H2,(H,21,24)(H,22,23);1H. The number of halogens is 1. The lowest BCUT2D eigenvalue weighted by atomic mass is 10.1. The number of para-hydroxylation sites is 1. The Morgan fingerprint density at radius 3 is 2.76 bits per heavy atom. The number of fused-ring (bicyclic) bond motifs is 1. The Kier molecular flexibility index (Phi) is 6.42. The number of hydrogen-bond acceptors (Lipinski definition) is 3. The zero-order valence-corrected chi connectivity index (χ0v) is 14.7. The third-order valence-electron chi connectivity index (χ3n) is 4.19. The molecule has 1 aliphatic heterocycles. The molecule has 1 aliphatic rings. The van der Waals surface area contributed by atoms with E-state index in [1.54, 1.807) is 0 Å². The van der Waals surface area contributed by atoms with Gasteiger partial charge >= 0.3 is 0 Å². The summed E-state index contributed by atoms with van der Waals surface area (Å²) in [5.74, 6) is 0.00171. The van der Waals surface area contributed by atoms with Gasteiger partial charge in [0.05, 0.1) is 0 Å². The summed E-state index contributed by atoms with van der Waals surface area (Å²) in [6, 6.07) is 13.2. The summed E-state index contributed by atoms with van der Waals surface area (Å²) in [4.78, 5) is 23.7. The normalized spacial score (nSPS) is 13.0. The van der Waals surface area contributed by atoms with E-state index in [1.165, 1.54) is 0 Å². The van der Waals surface area contributed by atoms with E-state index in [1.807, 2.05) is 42.5 Å². The second-order valence-electron chi connectivity index (χ2n) is 6.02. The first kappa shape index (κ1) is 18.8. The lowest BCUT2D eigenvalue weighted by Crippen LogP contribution is -2.13. The molecule has 4 N–H and O–H groups in total. The first-order valence-corrected chi connectivity index (χ1v) is 8.18. The maximum Gasteiger partial charge on any atom is 0.224 e. The van der Waals surface area contributed by atoms with Gasteiger partial charge in [0.25, 0.3) is 0 Å². The van der Waals surface area contributed by atoms with Crippen molar-refractivity contribution in [3.63, 3.8) is 0 Å². The van der Waals surface area contributed by atoms with Crippen molar-refractivity contribution in [2.75, 3.05) is 16.4 Å². The van der Waals surface area contributed by atoms with Crippen LogP contribution in [0.2, 0.25) is 0 Å². The molecule has 0 aliphatic carbocycles. The SMILES string of the molecule is Cl.Nc1ccccc1CCC(=O)Nc1ccc2c(c1)CCCC(=O)N2.